The predicted molar refractivity (Wildman–Crippen MR) is 80.3 cm³/mol. The van der Waals surface area contributed by atoms with Crippen LogP contribution >= 0.6 is 0 Å². The summed E-state index contributed by atoms with van der Waals surface area (Å²) in [6.07, 6.45) is 0. The van der Waals surface area contributed by atoms with Gasteiger partial charge in [0.25, 0.3) is 0 Å². The molecule has 0 amide bonds. The molecule has 1 atom stereocenters. The molecule has 1 aliphatic heterocycles. The van der Waals surface area contributed by atoms with Gasteiger partial charge in [0.05, 0.1) is 0 Å². The fraction of sp³-hybridized carbons (Fsp3) is 0.438. The first-order valence-corrected chi connectivity index (χ1v) is 7.03. The van der Waals surface area contributed by atoms with Crippen molar-refractivity contribution in [3.8, 4) is 17.2 Å². The van der Waals surface area contributed by atoms with Crippen LogP contribution in [0.25, 0.3) is 0 Å². The first-order valence-electron chi connectivity index (χ1n) is 7.03. The lowest BCUT2D eigenvalue weighted by atomic mass is 9.67. The number of esters is 3. The molecule has 0 saturated heterocycles. The van der Waals surface area contributed by atoms with Crippen LogP contribution < -0.4 is 19.9 Å². The standard InChI is InChI=1S/C16H19NO6/c1-8(18)21-12-6-10-11(7-13(12)22-9(2)19)23-14(20)16(5,17)15(10,3)4/h6-7H,17H2,1-5H3. The molecule has 7 heteroatoms. The van der Waals surface area contributed by atoms with Gasteiger partial charge in [-0.25, -0.2) is 4.79 Å². The number of hydrogen-bond acceptors (Lipinski definition) is 7. The van der Waals surface area contributed by atoms with Crippen LogP contribution in [0.15, 0.2) is 12.1 Å². The van der Waals surface area contributed by atoms with E-state index in [2.05, 4.69) is 0 Å². The summed E-state index contributed by atoms with van der Waals surface area (Å²) >= 11 is 0. The molecule has 0 saturated carbocycles. The Hall–Kier alpha value is -2.41. The summed E-state index contributed by atoms with van der Waals surface area (Å²) in [7, 11) is 0. The lowest BCUT2D eigenvalue weighted by Crippen LogP contribution is -2.62. The van der Waals surface area contributed by atoms with E-state index in [1.54, 1.807) is 20.8 Å². The maximum Gasteiger partial charge on any atom is 0.332 e. The lowest BCUT2D eigenvalue weighted by molar-refractivity contribution is -0.144. The normalized spacial score (nSPS) is 21.9. The molecule has 7 nitrogen and oxygen atoms in total. The van der Waals surface area contributed by atoms with Crippen LogP contribution in [-0.2, 0) is 19.8 Å². The van der Waals surface area contributed by atoms with E-state index in [0.717, 1.165) is 0 Å². The Kier molecular flexibility index (Phi) is 3.94. The van der Waals surface area contributed by atoms with E-state index in [1.807, 2.05) is 0 Å². The third-order valence-corrected chi connectivity index (χ3v) is 4.15. The molecule has 0 spiro atoms. The first-order chi connectivity index (χ1) is 10.5. The molecule has 1 heterocycles. The predicted octanol–water partition coefficient (Wildman–Crippen LogP) is 1.45. The Morgan fingerprint density at radius 2 is 1.52 bits per heavy atom. The Bertz CT molecular complexity index is 705. The number of benzene rings is 1. The van der Waals surface area contributed by atoms with E-state index >= 15 is 0 Å². The largest absolute Gasteiger partial charge is 0.425 e. The third-order valence-electron chi connectivity index (χ3n) is 4.15. The van der Waals surface area contributed by atoms with Crippen molar-refractivity contribution < 1.29 is 28.6 Å². The molecule has 0 fully saturated rings. The van der Waals surface area contributed by atoms with Crippen LogP contribution in [0.1, 0.15) is 40.2 Å². The molecule has 1 aliphatic rings. The minimum absolute atomic E-state index is 0.00401. The maximum absolute atomic E-state index is 12.2. The van der Waals surface area contributed by atoms with Crippen molar-refractivity contribution in [1.29, 1.82) is 0 Å². The number of carbonyl (C=O) groups is 3. The van der Waals surface area contributed by atoms with Crippen molar-refractivity contribution in [2.24, 2.45) is 5.73 Å². The zero-order valence-corrected chi connectivity index (χ0v) is 13.7. The van der Waals surface area contributed by atoms with E-state index in [-0.39, 0.29) is 17.2 Å². The van der Waals surface area contributed by atoms with E-state index in [9.17, 15) is 14.4 Å². The molecule has 2 N–H and O–H groups in total. The van der Waals surface area contributed by atoms with Gasteiger partial charge in [0.15, 0.2) is 11.5 Å². The van der Waals surface area contributed by atoms with E-state index in [1.165, 1.54) is 26.0 Å². The van der Waals surface area contributed by atoms with Gasteiger partial charge in [-0.2, -0.15) is 0 Å². The second-order valence-electron chi connectivity index (χ2n) is 6.20. The van der Waals surface area contributed by atoms with Gasteiger partial charge in [0.2, 0.25) is 0 Å². The molecule has 0 radical (unpaired) electrons. The summed E-state index contributed by atoms with van der Waals surface area (Å²) in [5.74, 6) is -1.48. The lowest BCUT2D eigenvalue weighted by Gasteiger charge is -2.43. The van der Waals surface area contributed by atoms with Crippen molar-refractivity contribution in [1.82, 2.24) is 0 Å². The van der Waals surface area contributed by atoms with E-state index < -0.39 is 28.9 Å². The number of rotatable bonds is 2. The van der Waals surface area contributed by atoms with Crippen LogP contribution in [0, 0.1) is 0 Å². The summed E-state index contributed by atoms with van der Waals surface area (Å²) in [5, 5.41) is 0. The van der Waals surface area contributed by atoms with Crippen molar-refractivity contribution in [2.75, 3.05) is 0 Å². The van der Waals surface area contributed by atoms with E-state index in [0.29, 0.717) is 5.56 Å². The minimum atomic E-state index is -1.27. The van der Waals surface area contributed by atoms with Gasteiger partial charge in [-0.3, -0.25) is 9.59 Å². The van der Waals surface area contributed by atoms with Crippen LogP contribution in [0.5, 0.6) is 17.2 Å². The highest BCUT2D eigenvalue weighted by Crippen LogP contribution is 2.47. The van der Waals surface area contributed by atoms with Crippen molar-refractivity contribution in [3.05, 3.63) is 17.7 Å². The fourth-order valence-electron chi connectivity index (χ4n) is 2.32. The van der Waals surface area contributed by atoms with Gasteiger partial charge in [-0.15, -0.1) is 0 Å². The van der Waals surface area contributed by atoms with Gasteiger partial charge in [-0.05, 0) is 13.0 Å². The molecule has 1 aromatic rings. The van der Waals surface area contributed by atoms with Gasteiger partial charge in [-0.1, -0.05) is 13.8 Å². The molecular weight excluding hydrogens is 302 g/mol. The topological polar surface area (TPSA) is 105 Å². The van der Waals surface area contributed by atoms with Gasteiger partial charge in [0, 0.05) is 30.9 Å². The van der Waals surface area contributed by atoms with Gasteiger partial charge in [0.1, 0.15) is 11.3 Å². The second kappa shape index (κ2) is 5.34. The van der Waals surface area contributed by atoms with Gasteiger partial charge < -0.3 is 19.9 Å². The molecule has 23 heavy (non-hydrogen) atoms. The number of carbonyl (C=O) groups excluding carboxylic acids is 3. The SMILES string of the molecule is CC(=O)Oc1cc2c(cc1OC(C)=O)C(C)(C)C(C)(N)C(=O)O2. The average molecular weight is 321 g/mol. The smallest absolute Gasteiger partial charge is 0.332 e. The quantitative estimate of drug-likeness (QED) is 0.649. The molecule has 1 unspecified atom stereocenters. The zero-order chi connectivity index (χ0) is 17.6. The van der Waals surface area contributed by atoms with Crippen molar-refractivity contribution in [2.45, 2.75) is 45.6 Å². The van der Waals surface area contributed by atoms with Crippen LogP contribution in [0.2, 0.25) is 0 Å². The van der Waals surface area contributed by atoms with Crippen LogP contribution in [0.3, 0.4) is 0 Å². The molecule has 2 rings (SSSR count). The second-order valence-corrected chi connectivity index (χ2v) is 6.20. The summed E-state index contributed by atoms with van der Waals surface area (Å²) in [5.41, 5.74) is 4.64. The average Bonchev–Trinajstić information content (AvgIpc) is 2.38. The molecule has 0 aliphatic carbocycles. The van der Waals surface area contributed by atoms with Crippen molar-refractivity contribution in [3.63, 3.8) is 0 Å². The van der Waals surface area contributed by atoms with Gasteiger partial charge >= 0.3 is 17.9 Å². The highest BCUT2D eigenvalue weighted by molar-refractivity contribution is 5.88. The summed E-state index contributed by atoms with van der Waals surface area (Å²) in [4.78, 5) is 34.7. The monoisotopic (exact) mass is 321 g/mol. The minimum Gasteiger partial charge on any atom is -0.425 e. The number of fused-ring (bicyclic) bond motifs is 1. The molecular formula is C16H19NO6. The molecule has 124 valence electrons. The zero-order valence-electron chi connectivity index (χ0n) is 13.7. The summed E-state index contributed by atoms with van der Waals surface area (Å²) in [6, 6.07) is 2.86. The maximum atomic E-state index is 12.2. The summed E-state index contributed by atoms with van der Waals surface area (Å²) < 4.78 is 15.4. The highest BCUT2D eigenvalue weighted by Gasteiger charge is 2.52. The molecule has 0 bridgehead atoms. The summed E-state index contributed by atoms with van der Waals surface area (Å²) in [6.45, 7) is 7.59. The molecule has 1 aromatic carbocycles. The fourth-order valence-corrected chi connectivity index (χ4v) is 2.32. The van der Waals surface area contributed by atoms with Crippen LogP contribution in [0.4, 0.5) is 0 Å². The number of nitrogens with two attached hydrogens (primary N) is 1. The Balaban J connectivity index is 2.66. The number of ether oxygens (including phenoxy) is 3. The Labute approximate surface area is 133 Å². The van der Waals surface area contributed by atoms with E-state index in [4.69, 9.17) is 19.9 Å². The van der Waals surface area contributed by atoms with Crippen molar-refractivity contribution >= 4 is 17.9 Å². The number of hydrogen-bond donors (Lipinski definition) is 1. The molecule has 0 aromatic heterocycles. The Morgan fingerprint density at radius 1 is 1.04 bits per heavy atom. The highest BCUT2D eigenvalue weighted by atomic mass is 16.6. The van der Waals surface area contributed by atoms with Crippen LogP contribution in [-0.4, -0.2) is 23.4 Å². The first kappa shape index (κ1) is 17.0. The Morgan fingerprint density at radius 3 is 2.00 bits per heavy atom. The third kappa shape index (κ3) is 2.79.